The molecule has 1 heterocycles. The molecule has 0 radical (unpaired) electrons. The number of hydrogen-bond donors (Lipinski definition) is 1. The van der Waals surface area contributed by atoms with Crippen molar-refractivity contribution in [2.24, 2.45) is 5.92 Å². The Hall–Kier alpha value is -0.380. The highest BCUT2D eigenvalue weighted by Gasteiger charge is 2.26. The summed E-state index contributed by atoms with van der Waals surface area (Å²) in [7, 11) is 2.03. The second kappa shape index (κ2) is 5.30. The molecule has 3 heteroatoms. The third kappa shape index (κ3) is 2.47. The van der Waals surface area contributed by atoms with E-state index in [-0.39, 0.29) is 0 Å². The van der Waals surface area contributed by atoms with Crippen LogP contribution in [0.1, 0.15) is 23.6 Å². The Balaban J connectivity index is 2.25. The van der Waals surface area contributed by atoms with Gasteiger partial charge >= 0.3 is 0 Å². The van der Waals surface area contributed by atoms with Crippen molar-refractivity contribution in [1.29, 1.82) is 0 Å². The molecule has 0 amide bonds. The summed E-state index contributed by atoms with van der Waals surface area (Å²) in [5.41, 5.74) is 2.72. The van der Waals surface area contributed by atoms with E-state index in [0.717, 1.165) is 24.1 Å². The van der Waals surface area contributed by atoms with E-state index in [1.54, 1.807) is 0 Å². The summed E-state index contributed by atoms with van der Waals surface area (Å²) < 4.78 is 6.62. The van der Waals surface area contributed by atoms with E-state index in [2.05, 4.69) is 46.4 Å². The topological polar surface area (TPSA) is 21.3 Å². The highest BCUT2D eigenvalue weighted by molar-refractivity contribution is 9.10. The van der Waals surface area contributed by atoms with E-state index in [1.807, 2.05) is 7.05 Å². The molecule has 1 fully saturated rings. The van der Waals surface area contributed by atoms with Crippen LogP contribution in [0.2, 0.25) is 0 Å². The number of aryl methyl sites for hydroxylation is 1. The Labute approximate surface area is 106 Å². The lowest BCUT2D eigenvalue weighted by Gasteiger charge is -2.24. The fourth-order valence-corrected chi connectivity index (χ4v) is 2.92. The van der Waals surface area contributed by atoms with Crippen LogP contribution in [0.4, 0.5) is 0 Å². The van der Waals surface area contributed by atoms with Gasteiger partial charge in [0.15, 0.2) is 0 Å². The smallest absolute Gasteiger partial charge is 0.0513 e. The molecule has 1 saturated heterocycles. The minimum atomic E-state index is 0.413. The largest absolute Gasteiger partial charge is 0.381 e. The molecule has 2 rings (SSSR count). The Bertz CT molecular complexity index is 361. The van der Waals surface area contributed by atoms with Crippen LogP contribution < -0.4 is 5.32 Å². The van der Waals surface area contributed by atoms with Gasteiger partial charge in [-0.3, -0.25) is 0 Å². The molecule has 1 aromatic rings. The van der Waals surface area contributed by atoms with Gasteiger partial charge in [-0.2, -0.15) is 0 Å². The standard InChI is InChI=1S/C13H18BrNO/c1-9-7-11(14)3-4-12(9)13(15-2)10-5-6-16-8-10/h3-4,7,10,13,15H,5-6,8H2,1-2H3. The monoisotopic (exact) mass is 283 g/mol. The zero-order chi connectivity index (χ0) is 11.5. The van der Waals surface area contributed by atoms with Crippen LogP contribution in [0.5, 0.6) is 0 Å². The lowest BCUT2D eigenvalue weighted by Crippen LogP contribution is -2.26. The molecule has 2 unspecified atom stereocenters. The van der Waals surface area contributed by atoms with Gasteiger partial charge in [-0.25, -0.2) is 0 Å². The number of hydrogen-bond acceptors (Lipinski definition) is 2. The number of benzene rings is 1. The van der Waals surface area contributed by atoms with Crippen LogP contribution in [0.15, 0.2) is 22.7 Å². The second-order valence-electron chi connectivity index (χ2n) is 4.39. The van der Waals surface area contributed by atoms with Crippen LogP contribution in [0.25, 0.3) is 0 Å². The van der Waals surface area contributed by atoms with Gasteiger partial charge in [0, 0.05) is 23.0 Å². The minimum absolute atomic E-state index is 0.413. The molecule has 0 aromatic heterocycles. The van der Waals surface area contributed by atoms with Gasteiger partial charge in [0.25, 0.3) is 0 Å². The summed E-state index contributed by atoms with van der Waals surface area (Å²) in [6.45, 7) is 3.94. The first-order chi connectivity index (χ1) is 7.72. The van der Waals surface area contributed by atoms with Gasteiger partial charge < -0.3 is 10.1 Å². The van der Waals surface area contributed by atoms with Gasteiger partial charge in [-0.15, -0.1) is 0 Å². The summed E-state index contributed by atoms with van der Waals surface area (Å²) in [4.78, 5) is 0. The van der Waals surface area contributed by atoms with Crippen molar-refractivity contribution in [3.05, 3.63) is 33.8 Å². The Morgan fingerprint density at radius 3 is 2.88 bits per heavy atom. The number of ether oxygens (including phenoxy) is 1. The predicted octanol–water partition coefficient (Wildman–Crippen LogP) is 3.05. The summed E-state index contributed by atoms with van der Waals surface area (Å²) >= 11 is 3.51. The zero-order valence-corrected chi connectivity index (χ0v) is 11.4. The molecule has 1 aromatic carbocycles. The third-order valence-corrected chi connectivity index (χ3v) is 3.81. The van der Waals surface area contributed by atoms with Gasteiger partial charge in [-0.05, 0) is 43.7 Å². The Morgan fingerprint density at radius 2 is 2.31 bits per heavy atom. The van der Waals surface area contributed by atoms with Crippen LogP contribution in [0, 0.1) is 12.8 Å². The zero-order valence-electron chi connectivity index (χ0n) is 9.79. The highest BCUT2D eigenvalue weighted by Crippen LogP contribution is 2.31. The second-order valence-corrected chi connectivity index (χ2v) is 5.31. The average molecular weight is 284 g/mol. The summed E-state index contributed by atoms with van der Waals surface area (Å²) in [5, 5.41) is 3.43. The van der Waals surface area contributed by atoms with Crippen LogP contribution in [-0.4, -0.2) is 20.3 Å². The van der Waals surface area contributed by atoms with Crippen molar-refractivity contribution in [1.82, 2.24) is 5.32 Å². The van der Waals surface area contributed by atoms with Crippen molar-refractivity contribution in [3.8, 4) is 0 Å². The maximum absolute atomic E-state index is 5.48. The van der Waals surface area contributed by atoms with E-state index in [9.17, 15) is 0 Å². The molecule has 0 saturated carbocycles. The molecule has 1 aliphatic rings. The molecule has 16 heavy (non-hydrogen) atoms. The van der Waals surface area contributed by atoms with E-state index in [1.165, 1.54) is 11.1 Å². The Morgan fingerprint density at radius 1 is 1.50 bits per heavy atom. The molecular formula is C13H18BrNO. The SMILES string of the molecule is CNC(c1ccc(Br)cc1C)C1CCOC1. The molecule has 2 atom stereocenters. The molecular weight excluding hydrogens is 266 g/mol. The van der Waals surface area contributed by atoms with Crippen molar-refractivity contribution >= 4 is 15.9 Å². The lowest BCUT2D eigenvalue weighted by atomic mass is 9.90. The maximum atomic E-state index is 5.48. The summed E-state index contributed by atoms with van der Waals surface area (Å²) in [6, 6.07) is 6.91. The van der Waals surface area contributed by atoms with Gasteiger partial charge in [0.2, 0.25) is 0 Å². The summed E-state index contributed by atoms with van der Waals surface area (Å²) in [6.07, 6.45) is 1.15. The van der Waals surface area contributed by atoms with E-state index in [0.29, 0.717) is 12.0 Å². The summed E-state index contributed by atoms with van der Waals surface area (Å²) in [5.74, 6) is 0.602. The van der Waals surface area contributed by atoms with E-state index in [4.69, 9.17) is 4.74 Å². The fraction of sp³-hybridized carbons (Fsp3) is 0.538. The average Bonchev–Trinajstić information content (AvgIpc) is 2.75. The molecule has 0 bridgehead atoms. The van der Waals surface area contributed by atoms with Crippen molar-refractivity contribution in [2.45, 2.75) is 19.4 Å². The molecule has 88 valence electrons. The number of rotatable bonds is 3. The quantitative estimate of drug-likeness (QED) is 0.921. The molecule has 0 aliphatic carbocycles. The van der Waals surface area contributed by atoms with Crippen LogP contribution in [0.3, 0.4) is 0 Å². The minimum Gasteiger partial charge on any atom is -0.381 e. The first-order valence-electron chi connectivity index (χ1n) is 5.73. The Kier molecular flexibility index (Phi) is 4.00. The number of nitrogens with one attached hydrogen (secondary N) is 1. The molecule has 2 nitrogen and oxygen atoms in total. The van der Waals surface area contributed by atoms with Gasteiger partial charge in [0.05, 0.1) is 6.61 Å². The lowest BCUT2D eigenvalue weighted by molar-refractivity contribution is 0.177. The molecule has 1 N–H and O–H groups in total. The molecule has 0 spiro atoms. The van der Waals surface area contributed by atoms with Crippen LogP contribution >= 0.6 is 15.9 Å². The number of halogens is 1. The highest BCUT2D eigenvalue weighted by atomic mass is 79.9. The third-order valence-electron chi connectivity index (χ3n) is 3.31. The first-order valence-corrected chi connectivity index (χ1v) is 6.52. The first kappa shape index (κ1) is 12.1. The van der Waals surface area contributed by atoms with Gasteiger partial charge in [-0.1, -0.05) is 22.0 Å². The fourth-order valence-electron chi connectivity index (χ4n) is 2.45. The maximum Gasteiger partial charge on any atom is 0.0513 e. The van der Waals surface area contributed by atoms with E-state index < -0.39 is 0 Å². The predicted molar refractivity (Wildman–Crippen MR) is 69.6 cm³/mol. The van der Waals surface area contributed by atoms with Crippen molar-refractivity contribution in [3.63, 3.8) is 0 Å². The van der Waals surface area contributed by atoms with E-state index >= 15 is 0 Å². The molecule has 1 aliphatic heterocycles. The van der Waals surface area contributed by atoms with Crippen molar-refractivity contribution in [2.75, 3.05) is 20.3 Å². The van der Waals surface area contributed by atoms with Crippen molar-refractivity contribution < 1.29 is 4.74 Å². The van der Waals surface area contributed by atoms with Gasteiger partial charge in [0.1, 0.15) is 0 Å². The normalized spacial score (nSPS) is 22.3. The van der Waals surface area contributed by atoms with Crippen LogP contribution in [-0.2, 0) is 4.74 Å².